The third kappa shape index (κ3) is 4.57. The molecule has 1 aliphatic rings. The SMILES string of the molecule is Cc1nn(C)cc1C1CCCN1c1ncnc(CCc2ccc(CC(N)=O)cc2)c1F. The van der Waals surface area contributed by atoms with Crippen LogP contribution in [0.25, 0.3) is 0 Å². The lowest BCUT2D eigenvalue weighted by Gasteiger charge is -2.26. The van der Waals surface area contributed by atoms with E-state index in [1.165, 1.54) is 6.33 Å². The Kier molecular flexibility index (Phi) is 5.97. The molecular weight excluding hydrogens is 395 g/mol. The van der Waals surface area contributed by atoms with E-state index in [0.29, 0.717) is 24.4 Å². The fourth-order valence-corrected chi connectivity index (χ4v) is 4.35. The van der Waals surface area contributed by atoms with Gasteiger partial charge in [-0.05, 0) is 43.7 Å². The highest BCUT2D eigenvalue weighted by Crippen LogP contribution is 2.37. The Morgan fingerprint density at radius 1 is 1.19 bits per heavy atom. The first kappa shape index (κ1) is 21.0. The normalized spacial score (nSPS) is 16.1. The third-order valence-electron chi connectivity index (χ3n) is 5.83. The number of amides is 1. The van der Waals surface area contributed by atoms with E-state index < -0.39 is 0 Å². The van der Waals surface area contributed by atoms with Crippen LogP contribution in [0.1, 0.15) is 47.0 Å². The largest absolute Gasteiger partial charge is 0.369 e. The summed E-state index contributed by atoms with van der Waals surface area (Å²) in [4.78, 5) is 21.6. The number of hydrogen-bond donors (Lipinski definition) is 1. The molecule has 3 heterocycles. The van der Waals surface area contributed by atoms with E-state index in [2.05, 4.69) is 15.1 Å². The number of aryl methyl sites for hydroxylation is 4. The van der Waals surface area contributed by atoms with Gasteiger partial charge in [-0.2, -0.15) is 5.10 Å². The van der Waals surface area contributed by atoms with E-state index in [4.69, 9.17) is 5.73 Å². The van der Waals surface area contributed by atoms with E-state index in [9.17, 15) is 4.79 Å². The van der Waals surface area contributed by atoms with Gasteiger partial charge in [0.1, 0.15) is 6.33 Å². The molecule has 1 fully saturated rings. The van der Waals surface area contributed by atoms with Crippen LogP contribution in [0.2, 0.25) is 0 Å². The van der Waals surface area contributed by atoms with Crippen molar-refractivity contribution in [2.45, 2.75) is 45.1 Å². The van der Waals surface area contributed by atoms with Crippen molar-refractivity contribution in [3.8, 4) is 0 Å². The van der Waals surface area contributed by atoms with Gasteiger partial charge < -0.3 is 10.6 Å². The second-order valence-corrected chi connectivity index (χ2v) is 8.11. The van der Waals surface area contributed by atoms with E-state index >= 15 is 4.39 Å². The van der Waals surface area contributed by atoms with Crippen molar-refractivity contribution in [1.29, 1.82) is 0 Å². The van der Waals surface area contributed by atoms with Gasteiger partial charge in [-0.15, -0.1) is 0 Å². The van der Waals surface area contributed by atoms with Gasteiger partial charge in [0, 0.05) is 25.4 Å². The average molecular weight is 423 g/mol. The van der Waals surface area contributed by atoms with Gasteiger partial charge in [-0.1, -0.05) is 24.3 Å². The van der Waals surface area contributed by atoms with E-state index in [1.807, 2.05) is 49.3 Å². The zero-order chi connectivity index (χ0) is 22.0. The molecule has 1 unspecified atom stereocenters. The first-order valence-electron chi connectivity index (χ1n) is 10.5. The van der Waals surface area contributed by atoms with E-state index in [1.54, 1.807) is 4.68 Å². The highest BCUT2D eigenvalue weighted by molar-refractivity contribution is 5.76. The number of aromatic nitrogens is 4. The van der Waals surface area contributed by atoms with Gasteiger partial charge >= 0.3 is 0 Å². The predicted octanol–water partition coefficient (Wildman–Crippen LogP) is 2.81. The van der Waals surface area contributed by atoms with Crippen LogP contribution in [-0.2, 0) is 31.1 Å². The van der Waals surface area contributed by atoms with Crippen LogP contribution in [0.5, 0.6) is 0 Å². The van der Waals surface area contributed by atoms with Crippen molar-refractivity contribution in [3.05, 3.63) is 70.7 Å². The second-order valence-electron chi connectivity index (χ2n) is 8.11. The number of benzene rings is 1. The van der Waals surface area contributed by atoms with Crippen LogP contribution < -0.4 is 10.6 Å². The molecule has 0 saturated carbocycles. The molecule has 1 saturated heterocycles. The molecule has 7 nitrogen and oxygen atoms in total. The van der Waals surface area contributed by atoms with Crippen molar-refractivity contribution in [1.82, 2.24) is 19.7 Å². The smallest absolute Gasteiger partial charge is 0.221 e. The minimum Gasteiger partial charge on any atom is -0.369 e. The lowest BCUT2D eigenvalue weighted by Crippen LogP contribution is -2.25. The number of carbonyl (C=O) groups excluding carboxylic acids is 1. The topological polar surface area (TPSA) is 89.9 Å². The average Bonchev–Trinajstić information content (AvgIpc) is 3.33. The van der Waals surface area contributed by atoms with Crippen molar-refractivity contribution < 1.29 is 9.18 Å². The highest BCUT2D eigenvalue weighted by Gasteiger charge is 2.32. The van der Waals surface area contributed by atoms with Crippen LogP contribution >= 0.6 is 0 Å². The van der Waals surface area contributed by atoms with Crippen molar-refractivity contribution >= 4 is 11.7 Å². The van der Waals surface area contributed by atoms with E-state index in [-0.39, 0.29) is 24.2 Å². The molecule has 1 aliphatic heterocycles. The van der Waals surface area contributed by atoms with Crippen molar-refractivity contribution in [2.75, 3.05) is 11.4 Å². The van der Waals surface area contributed by atoms with Crippen LogP contribution in [-0.4, -0.2) is 32.2 Å². The van der Waals surface area contributed by atoms with Gasteiger partial charge in [0.2, 0.25) is 5.91 Å². The Morgan fingerprint density at radius 3 is 2.61 bits per heavy atom. The summed E-state index contributed by atoms with van der Waals surface area (Å²) in [6.45, 7) is 2.75. The van der Waals surface area contributed by atoms with Gasteiger partial charge in [0.25, 0.3) is 0 Å². The molecule has 162 valence electrons. The molecular formula is C23H27FN6O. The number of halogens is 1. The molecule has 3 aromatic rings. The fraction of sp³-hybridized carbons (Fsp3) is 0.391. The number of nitrogens with zero attached hydrogens (tertiary/aromatic N) is 5. The first-order valence-corrected chi connectivity index (χ1v) is 10.5. The number of hydrogen-bond acceptors (Lipinski definition) is 5. The van der Waals surface area contributed by atoms with Crippen molar-refractivity contribution in [3.63, 3.8) is 0 Å². The molecule has 0 bridgehead atoms. The molecule has 4 rings (SSSR count). The number of nitrogens with two attached hydrogens (primary N) is 1. The molecule has 2 N–H and O–H groups in total. The summed E-state index contributed by atoms with van der Waals surface area (Å²) >= 11 is 0. The Morgan fingerprint density at radius 2 is 1.94 bits per heavy atom. The molecule has 31 heavy (non-hydrogen) atoms. The summed E-state index contributed by atoms with van der Waals surface area (Å²) in [5.74, 6) is -0.334. The summed E-state index contributed by atoms with van der Waals surface area (Å²) < 4.78 is 17.2. The quantitative estimate of drug-likeness (QED) is 0.632. The van der Waals surface area contributed by atoms with E-state index in [0.717, 1.165) is 41.8 Å². The van der Waals surface area contributed by atoms with Gasteiger partial charge in [-0.25, -0.2) is 14.4 Å². The predicted molar refractivity (Wildman–Crippen MR) is 116 cm³/mol. The maximum atomic E-state index is 15.4. The Balaban J connectivity index is 1.50. The summed E-state index contributed by atoms with van der Waals surface area (Å²) in [6, 6.07) is 7.73. The van der Waals surface area contributed by atoms with Gasteiger partial charge in [-0.3, -0.25) is 9.48 Å². The van der Waals surface area contributed by atoms with Crippen LogP contribution in [0.15, 0.2) is 36.8 Å². The summed E-state index contributed by atoms with van der Waals surface area (Å²) in [5, 5.41) is 4.45. The molecule has 8 heteroatoms. The number of primary amides is 1. The standard InChI is InChI=1S/C23H27FN6O/c1-15-18(13-29(2)28-15)20-4-3-11-30(20)23-22(24)19(26-14-27-23)10-9-16-5-7-17(8-6-16)12-21(25)31/h5-8,13-14,20H,3-4,9-12H2,1-2H3,(H2,25,31). The van der Waals surface area contributed by atoms with Crippen molar-refractivity contribution in [2.24, 2.45) is 12.8 Å². The summed E-state index contributed by atoms with van der Waals surface area (Å²) in [7, 11) is 1.90. The zero-order valence-corrected chi connectivity index (χ0v) is 17.9. The second kappa shape index (κ2) is 8.83. The number of anilines is 1. The number of carbonyl (C=O) groups is 1. The Hall–Kier alpha value is -3.29. The minimum atomic E-state index is -0.356. The molecule has 2 aromatic heterocycles. The summed E-state index contributed by atoms with van der Waals surface area (Å²) in [5.41, 5.74) is 9.66. The Bertz CT molecular complexity index is 1080. The fourth-order valence-electron chi connectivity index (χ4n) is 4.35. The maximum Gasteiger partial charge on any atom is 0.221 e. The number of rotatable bonds is 7. The van der Waals surface area contributed by atoms with Gasteiger partial charge in [0.05, 0.1) is 23.9 Å². The lowest BCUT2D eigenvalue weighted by molar-refractivity contribution is -0.117. The summed E-state index contributed by atoms with van der Waals surface area (Å²) in [6.07, 6.45) is 6.74. The van der Waals surface area contributed by atoms with Crippen LogP contribution in [0.4, 0.5) is 10.2 Å². The first-order chi connectivity index (χ1) is 14.9. The molecule has 0 aliphatic carbocycles. The Labute approximate surface area is 181 Å². The zero-order valence-electron chi connectivity index (χ0n) is 17.9. The molecule has 1 amide bonds. The van der Waals surface area contributed by atoms with Gasteiger partial charge in [0.15, 0.2) is 11.6 Å². The monoisotopic (exact) mass is 422 g/mol. The minimum absolute atomic E-state index is 0.0729. The lowest BCUT2D eigenvalue weighted by atomic mass is 10.0. The maximum absolute atomic E-state index is 15.4. The van der Waals surface area contributed by atoms with Crippen LogP contribution in [0, 0.1) is 12.7 Å². The molecule has 1 atom stereocenters. The molecule has 0 spiro atoms. The molecule has 1 aromatic carbocycles. The highest BCUT2D eigenvalue weighted by atomic mass is 19.1. The third-order valence-corrected chi connectivity index (χ3v) is 5.83. The molecule has 0 radical (unpaired) electrons. The van der Waals surface area contributed by atoms with Crippen LogP contribution in [0.3, 0.4) is 0 Å².